The summed E-state index contributed by atoms with van der Waals surface area (Å²) in [7, 11) is 0.393. The molecule has 0 aromatic heterocycles. The van der Waals surface area contributed by atoms with E-state index in [1.807, 2.05) is 24.3 Å². The zero-order chi connectivity index (χ0) is 18.8. The molecule has 25 heavy (non-hydrogen) atoms. The Kier molecular flexibility index (Phi) is 9.57. The molecule has 0 saturated carbocycles. The third-order valence-corrected chi connectivity index (χ3v) is 5.15. The average molecular weight is 366 g/mol. The zero-order valence-electron chi connectivity index (χ0n) is 15.1. The average Bonchev–Trinajstić information content (AvgIpc) is 2.56. The van der Waals surface area contributed by atoms with Gasteiger partial charge in [-0.2, -0.15) is 0 Å². The Hall–Kier alpha value is -1.56. The van der Waals surface area contributed by atoms with Crippen LogP contribution in [0.4, 0.5) is 4.39 Å². The molecule has 0 spiro atoms. The summed E-state index contributed by atoms with van der Waals surface area (Å²) in [6.07, 6.45) is 9.76. The van der Waals surface area contributed by atoms with E-state index in [9.17, 15) is 13.7 Å². The molecule has 138 valence electrons. The molecule has 1 aromatic rings. The fourth-order valence-electron chi connectivity index (χ4n) is 2.40. The second-order valence-corrected chi connectivity index (χ2v) is 7.82. The van der Waals surface area contributed by atoms with E-state index in [2.05, 4.69) is 13.5 Å². The molecule has 4 atom stereocenters. The number of nitrogens with zero attached hydrogens (tertiary/aromatic N) is 1. The third kappa shape index (κ3) is 7.90. The van der Waals surface area contributed by atoms with Gasteiger partial charge in [0.2, 0.25) is 0 Å². The summed E-state index contributed by atoms with van der Waals surface area (Å²) in [6.45, 7) is 8.07. The van der Waals surface area contributed by atoms with Crippen LogP contribution in [0, 0.1) is 17.7 Å². The second kappa shape index (κ2) is 11.1. The first kappa shape index (κ1) is 21.5. The van der Waals surface area contributed by atoms with E-state index < -0.39 is 17.1 Å². The number of aliphatic hydroxyl groups excluding tert-OH is 1. The van der Waals surface area contributed by atoms with Crippen LogP contribution in [-0.2, 0) is 11.0 Å². The van der Waals surface area contributed by atoms with Crippen molar-refractivity contribution in [1.82, 2.24) is 4.31 Å². The topological polar surface area (TPSA) is 40.5 Å². The van der Waals surface area contributed by atoms with E-state index in [0.29, 0.717) is 11.4 Å². The van der Waals surface area contributed by atoms with Crippen LogP contribution in [0.25, 0.3) is 0 Å². The van der Waals surface area contributed by atoms with E-state index >= 15 is 0 Å². The van der Waals surface area contributed by atoms with Gasteiger partial charge in [-0.15, -0.1) is 0 Å². The predicted molar refractivity (Wildman–Crippen MR) is 103 cm³/mol. The van der Waals surface area contributed by atoms with Gasteiger partial charge in [-0.05, 0) is 37.5 Å². The van der Waals surface area contributed by atoms with Crippen molar-refractivity contribution < 1.29 is 13.7 Å². The second-order valence-electron chi connectivity index (χ2n) is 6.22. The van der Waals surface area contributed by atoms with Gasteiger partial charge in [-0.1, -0.05) is 49.9 Å². The van der Waals surface area contributed by atoms with Gasteiger partial charge < -0.3 is 5.11 Å². The van der Waals surface area contributed by atoms with Gasteiger partial charge in [-0.3, -0.25) is 0 Å². The molecule has 0 aliphatic rings. The van der Waals surface area contributed by atoms with Crippen LogP contribution < -0.4 is 0 Å². The molecule has 0 radical (unpaired) electrons. The maximum Gasteiger partial charge on any atom is 0.127 e. The van der Waals surface area contributed by atoms with Crippen LogP contribution in [0.15, 0.2) is 66.1 Å². The Balaban J connectivity index is 2.56. The first-order valence-electron chi connectivity index (χ1n) is 8.37. The van der Waals surface area contributed by atoms with Gasteiger partial charge in [0.05, 0.1) is 11.0 Å². The minimum Gasteiger partial charge on any atom is -0.392 e. The molecule has 1 aromatic carbocycles. The summed E-state index contributed by atoms with van der Waals surface area (Å²) >= 11 is 0. The van der Waals surface area contributed by atoms with Crippen molar-refractivity contribution in [2.45, 2.75) is 31.3 Å². The highest BCUT2D eigenvalue weighted by Gasteiger charge is 2.14. The summed E-state index contributed by atoms with van der Waals surface area (Å²) in [5.74, 6) is -0.159. The van der Waals surface area contributed by atoms with Crippen LogP contribution in [0.1, 0.15) is 20.3 Å². The molecular formula is C20H28FNO2S. The Labute approximate surface area is 153 Å². The van der Waals surface area contributed by atoms with Crippen molar-refractivity contribution in [2.75, 3.05) is 13.6 Å². The van der Waals surface area contributed by atoms with Crippen LogP contribution in [-0.4, -0.2) is 33.3 Å². The number of aliphatic hydroxyl groups is 1. The zero-order valence-corrected chi connectivity index (χ0v) is 16.0. The first-order chi connectivity index (χ1) is 11.8. The summed E-state index contributed by atoms with van der Waals surface area (Å²) in [6, 6.07) is 5.87. The summed E-state index contributed by atoms with van der Waals surface area (Å²) in [5, 5.41) is 9.75. The molecular weight excluding hydrogens is 337 g/mol. The molecule has 0 saturated heterocycles. The standard InChI is InChI=1S/C20H28FNO2S/c1-5-6-10-18(17(3)23)11-7-9-16(2)15-22(4)25(24)20-13-8-12-19(21)14-20/h5-8,10-14,16-18,23H,1,9,15H2,2-4H3/b10-6?,11-7-. The molecule has 1 rings (SSSR count). The number of hydrogen-bond acceptors (Lipinski definition) is 2. The Bertz CT molecular complexity index is 628. The number of allylic oxidation sites excluding steroid dienone is 3. The molecule has 5 heteroatoms. The SMILES string of the molecule is C=CC=CC(/C=C\CC(C)CN(C)S(=O)c1cccc(F)c1)C(C)O. The molecule has 1 N–H and O–H groups in total. The fourth-order valence-corrected chi connectivity index (χ4v) is 3.56. The molecule has 3 nitrogen and oxygen atoms in total. The van der Waals surface area contributed by atoms with Crippen molar-refractivity contribution in [2.24, 2.45) is 11.8 Å². The summed E-state index contributed by atoms with van der Waals surface area (Å²) < 4.78 is 27.4. The van der Waals surface area contributed by atoms with Gasteiger partial charge in [0, 0.05) is 19.5 Å². The van der Waals surface area contributed by atoms with Crippen molar-refractivity contribution in [1.29, 1.82) is 0 Å². The lowest BCUT2D eigenvalue weighted by Gasteiger charge is -2.20. The molecule has 0 heterocycles. The highest BCUT2D eigenvalue weighted by molar-refractivity contribution is 7.82. The minimum atomic E-state index is -1.38. The van der Waals surface area contributed by atoms with Crippen molar-refractivity contribution in [3.05, 3.63) is 67.0 Å². The van der Waals surface area contributed by atoms with E-state index in [-0.39, 0.29) is 17.7 Å². The van der Waals surface area contributed by atoms with Crippen LogP contribution in [0.2, 0.25) is 0 Å². The molecule has 0 aliphatic carbocycles. The molecule has 4 unspecified atom stereocenters. The Morgan fingerprint density at radius 3 is 2.68 bits per heavy atom. The summed E-state index contributed by atoms with van der Waals surface area (Å²) in [4.78, 5) is 0.467. The Morgan fingerprint density at radius 2 is 2.08 bits per heavy atom. The van der Waals surface area contributed by atoms with Crippen LogP contribution in [0.5, 0.6) is 0 Å². The highest BCUT2D eigenvalue weighted by atomic mass is 32.2. The number of halogens is 1. The lowest BCUT2D eigenvalue weighted by Crippen LogP contribution is -2.26. The van der Waals surface area contributed by atoms with Crippen molar-refractivity contribution in [3.63, 3.8) is 0 Å². The van der Waals surface area contributed by atoms with Gasteiger partial charge in [0.15, 0.2) is 0 Å². The monoisotopic (exact) mass is 365 g/mol. The van der Waals surface area contributed by atoms with Crippen molar-refractivity contribution >= 4 is 11.0 Å². The number of benzene rings is 1. The maximum atomic E-state index is 13.3. The lowest BCUT2D eigenvalue weighted by molar-refractivity contribution is 0.168. The normalized spacial score (nSPS) is 17.0. The molecule has 0 bridgehead atoms. The fraction of sp³-hybridized carbons (Fsp3) is 0.400. The number of hydrogen-bond donors (Lipinski definition) is 1. The van der Waals surface area contributed by atoms with E-state index in [1.165, 1.54) is 12.1 Å². The van der Waals surface area contributed by atoms with Gasteiger partial charge >= 0.3 is 0 Å². The summed E-state index contributed by atoms with van der Waals surface area (Å²) in [5.41, 5.74) is 0. The Morgan fingerprint density at radius 1 is 1.36 bits per heavy atom. The van der Waals surface area contributed by atoms with Crippen molar-refractivity contribution in [3.8, 4) is 0 Å². The van der Waals surface area contributed by atoms with E-state index in [1.54, 1.807) is 36.5 Å². The van der Waals surface area contributed by atoms with Gasteiger partial charge in [-0.25, -0.2) is 12.9 Å². The first-order valence-corrected chi connectivity index (χ1v) is 9.48. The van der Waals surface area contributed by atoms with E-state index in [4.69, 9.17) is 0 Å². The highest BCUT2D eigenvalue weighted by Crippen LogP contribution is 2.15. The maximum absolute atomic E-state index is 13.3. The molecule has 0 amide bonds. The number of rotatable bonds is 10. The van der Waals surface area contributed by atoms with E-state index in [0.717, 1.165) is 6.42 Å². The molecule has 0 aliphatic heterocycles. The third-order valence-electron chi connectivity index (χ3n) is 3.77. The van der Waals surface area contributed by atoms with Crippen LogP contribution in [0.3, 0.4) is 0 Å². The lowest BCUT2D eigenvalue weighted by atomic mass is 10.00. The predicted octanol–water partition coefficient (Wildman–Crippen LogP) is 4.10. The molecule has 0 fully saturated rings. The minimum absolute atomic E-state index is 0.0515. The smallest absolute Gasteiger partial charge is 0.127 e. The largest absolute Gasteiger partial charge is 0.392 e. The van der Waals surface area contributed by atoms with Gasteiger partial charge in [0.25, 0.3) is 0 Å². The quantitative estimate of drug-likeness (QED) is 0.501. The van der Waals surface area contributed by atoms with Crippen LogP contribution >= 0.6 is 0 Å². The van der Waals surface area contributed by atoms with Gasteiger partial charge in [0.1, 0.15) is 16.8 Å².